The maximum Gasteiger partial charge on any atom is 0.227 e. The normalized spacial score (nSPS) is 13.4. The van der Waals surface area contributed by atoms with Gasteiger partial charge in [-0.2, -0.15) is 4.98 Å². The fourth-order valence-corrected chi connectivity index (χ4v) is 4.78. The lowest BCUT2D eigenvalue weighted by Gasteiger charge is -2.22. The molecular formula is C31H37N5O3. The van der Waals surface area contributed by atoms with Crippen LogP contribution in [0.1, 0.15) is 31.7 Å². The predicted molar refractivity (Wildman–Crippen MR) is 159 cm³/mol. The SMILES string of the molecule is C=Cc1cccc2ccccc12.CCCC(=O)N1CCCN(c2nc(N)c3cc(OC)c(OC)cc3n2)CC1. The Bertz CT molecular complexity index is 1450. The second kappa shape index (κ2) is 13.0. The zero-order valence-electron chi connectivity index (χ0n) is 23.0. The molecule has 0 spiro atoms. The first-order chi connectivity index (χ1) is 19.0. The number of nitrogen functional groups attached to an aromatic ring is 1. The molecule has 2 N–H and O–H groups in total. The van der Waals surface area contributed by atoms with Gasteiger partial charge in [0.15, 0.2) is 11.5 Å². The summed E-state index contributed by atoms with van der Waals surface area (Å²) in [6.07, 6.45) is 4.24. The van der Waals surface area contributed by atoms with Crippen LogP contribution in [0.3, 0.4) is 0 Å². The molecule has 5 rings (SSSR count). The molecule has 1 aliphatic rings. The Morgan fingerprint density at radius 3 is 2.46 bits per heavy atom. The van der Waals surface area contributed by atoms with Gasteiger partial charge < -0.3 is 25.0 Å². The number of nitrogens with two attached hydrogens (primary N) is 1. The number of aromatic nitrogens is 2. The fraction of sp³-hybridized carbons (Fsp3) is 0.323. The zero-order chi connectivity index (χ0) is 27.8. The molecule has 8 heteroatoms. The lowest BCUT2D eigenvalue weighted by atomic mass is 10.1. The minimum absolute atomic E-state index is 0.218. The smallest absolute Gasteiger partial charge is 0.227 e. The molecule has 1 fully saturated rings. The third-order valence-electron chi connectivity index (χ3n) is 6.86. The summed E-state index contributed by atoms with van der Waals surface area (Å²) in [4.78, 5) is 25.4. The van der Waals surface area contributed by atoms with Crippen LogP contribution in [0, 0.1) is 0 Å². The van der Waals surface area contributed by atoms with E-state index in [4.69, 9.17) is 15.2 Å². The molecule has 39 heavy (non-hydrogen) atoms. The van der Waals surface area contributed by atoms with Crippen LogP contribution in [0.25, 0.3) is 27.8 Å². The molecule has 0 unspecified atom stereocenters. The molecule has 8 nitrogen and oxygen atoms in total. The van der Waals surface area contributed by atoms with Crippen molar-refractivity contribution in [2.45, 2.75) is 26.2 Å². The molecule has 1 aliphatic heterocycles. The minimum Gasteiger partial charge on any atom is -0.493 e. The highest BCUT2D eigenvalue weighted by atomic mass is 16.5. The van der Waals surface area contributed by atoms with Gasteiger partial charge in [-0.1, -0.05) is 62.0 Å². The first kappa shape index (κ1) is 27.7. The number of benzene rings is 3. The van der Waals surface area contributed by atoms with Crippen LogP contribution in [0.4, 0.5) is 11.8 Å². The fourth-order valence-electron chi connectivity index (χ4n) is 4.78. The van der Waals surface area contributed by atoms with Crippen molar-refractivity contribution in [1.82, 2.24) is 14.9 Å². The lowest BCUT2D eigenvalue weighted by Crippen LogP contribution is -2.35. The molecule has 0 radical (unpaired) electrons. The number of hydrogen-bond acceptors (Lipinski definition) is 7. The van der Waals surface area contributed by atoms with Crippen LogP contribution in [0.5, 0.6) is 11.5 Å². The Hall–Kier alpha value is -4.33. The van der Waals surface area contributed by atoms with Crippen molar-refractivity contribution in [2.75, 3.05) is 51.0 Å². The second-order valence-corrected chi connectivity index (χ2v) is 9.38. The molecule has 1 amide bonds. The average molecular weight is 528 g/mol. The van der Waals surface area contributed by atoms with Crippen molar-refractivity contribution < 1.29 is 14.3 Å². The Balaban J connectivity index is 0.000000243. The van der Waals surface area contributed by atoms with Crippen molar-refractivity contribution in [3.8, 4) is 11.5 Å². The van der Waals surface area contributed by atoms with Gasteiger partial charge in [-0.15, -0.1) is 0 Å². The van der Waals surface area contributed by atoms with Crippen LogP contribution in [0.15, 0.2) is 61.2 Å². The number of fused-ring (bicyclic) bond motifs is 2. The van der Waals surface area contributed by atoms with E-state index >= 15 is 0 Å². The van der Waals surface area contributed by atoms with Gasteiger partial charge in [-0.25, -0.2) is 4.98 Å². The second-order valence-electron chi connectivity index (χ2n) is 9.38. The maximum atomic E-state index is 12.2. The van der Waals surface area contributed by atoms with E-state index in [2.05, 4.69) is 63.9 Å². The van der Waals surface area contributed by atoms with E-state index in [0.29, 0.717) is 48.3 Å². The number of carbonyl (C=O) groups excluding carboxylic acids is 1. The number of nitrogens with zero attached hydrogens (tertiary/aromatic N) is 4. The number of methoxy groups -OCH3 is 2. The summed E-state index contributed by atoms with van der Waals surface area (Å²) in [5.41, 5.74) is 8.10. The number of ether oxygens (including phenoxy) is 2. The molecule has 0 saturated carbocycles. The van der Waals surface area contributed by atoms with Crippen LogP contribution < -0.4 is 20.1 Å². The summed E-state index contributed by atoms with van der Waals surface area (Å²) in [7, 11) is 3.17. The highest BCUT2D eigenvalue weighted by Gasteiger charge is 2.21. The minimum atomic E-state index is 0.218. The molecule has 4 aromatic rings. The summed E-state index contributed by atoms with van der Waals surface area (Å²) in [6.45, 7) is 8.72. The molecule has 204 valence electrons. The summed E-state index contributed by atoms with van der Waals surface area (Å²) >= 11 is 0. The molecule has 0 bridgehead atoms. The van der Waals surface area contributed by atoms with Crippen molar-refractivity contribution in [1.29, 1.82) is 0 Å². The van der Waals surface area contributed by atoms with Gasteiger partial charge in [0.25, 0.3) is 0 Å². The van der Waals surface area contributed by atoms with E-state index < -0.39 is 0 Å². The number of hydrogen-bond donors (Lipinski definition) is 1. The van der Waals surface area contributed by atoms with Crippen LogP contribution in [-0.4, -0.2) is 61.2 Å². The summed E-state index contributed by atoms with van der Waals surface area (Å²) < 4.78 is 10.7. The summed E-state index contributed by atoms with van der Waals surface area (Å²) in [6, 6.07) is 18.2. The van der Waals surface area contributed by atoms with E-state index in [1.165, 1.54) is 16.3 Å². The van der Waals surface area contributed by atoms with Gasteiger partial charge in [-0.3, -0.25) is 4.79 Å². The highest BCUT2D eigenvalue weighted by molar-refractivity contribution is 5.92. The molecule has 2 heterocycles. The molecule has 0 aliphatic carbocycles. The van der Waals surface area contributed by atoms with Crippen LogP contribution >= 0.6 is 0 Å². The monoisotopic (exact) mass is 527 g/mol. The number of anilines is 2. The number of amides is 1. The number of rotatable bonds is 6. The standard InChI is InChI=1S/C19H27N5O3.C12H10/c1-4-6-17(25)23-7-5-8-24(10-9-23)19-21-14-12-16(27-3)15(26-2)11-13(14)18(20)22-19;1-2-10-7-5-8-11-6-3-4-9-12(10)11/h11-12H,4-10H2,1-3H3,(H2,20,21,22);2-9H,1H2. The predicted octanol–water partition coefficient (Wildman–Crippen LogP) is 5.55. The van der Waals surface area contributed by atoms with Crippen LogP contribution in [0.2, 0.25) is 0 Å². The van der Waals surface area contributed by atoms with Crippen molar-refractivity contribution in [3.05, 3.63) is 66.7 Å². The van der Waals surface area contributed by atoms with E-state index in [9.17, 15) is 4.79 Å². The molecule has 1 aromatic heterocycles. The molecule has 1 saturated heterocycles. The third kappa shape index (κ3) is 6.39. The topological polar surface area (TPSA) is 93.8 Å². The van der Waals surface area contributed by atoms with E-state index in [-0.39, 0.29) is 5.91 Å². The van der Waals surface area contributed by atoms with Crippen LogP contribution in [-0.2, 0) is 4.79 Å². The Morgan fingerprint density at radius 1 is 0.974 bits per heavy atom. The van der Waals surface area contributed by atoms with Crippen molar-refractivity contribution in [3.63, 3.8) is 0 Å². The summed E-state index contributed by atoms with van der Waals surface area (Å²) in [5.74, 6) is 2.39. The first-order valence-electron chi connectivity index (χ1n) is 13.3. The molecule has 0 atom stereocenters. The average Bonchev–Trinajstić information content (AvgIpc) is 3.23. The van der Waals surface area contributed by atoms with Gasteiger partial charge >= 0.3 is 0 Å². The quantitative estimate of drug-likeness (QED) is 0.351. The van der Waals surface area contributed by atoms with Gasteiger partial charge in [0.2, 0.25) is 11.9 Å². The third-order valence-corrected chi connectivity index (χ3v) is 6.86. The van der Waals surface area contributed by atoms with Gasteiger partial charge in [0.1, 0.15) is 5.82 Å². The molecular weight excluding hydrogens is 490 g/mol. The van der Waals surface area contributed by atoms with E-state index in [1.807, 2.05) is 24.0 Å². The largest absolute Gasteiger partial charge is 0.493 e. The Labute approximate surface area is 230 Å². The lowest BCUT2D eigenvalue weighted by molar-refractivity contribution is -0.131. The van der Waals surface area contributed by atoms with E-state index in [1.54, 1.807) is 20.3 Å². The zero-order valence-corrected chi connectivity index (χ0v) is 23.0. The first-order valence-corrected chi connectivity index (χ1v) is 13.3. The highest BCUT2D eigenvalue weighted by Crippen LogP contribution is 2.34. The van der Waals surface area contributed by atoms with Crippen molar-refractivity contribution in [2.24, 2.45) is 0 Å². The van der Waals surface area contributed by atoms with Crippen molar-refractivity contribution >= 4 is 45.4 Å². The molecule has 3 aromatic carbocycles. The summed E-state index contributed by atoms with van der Waals surface area (Å²) in [5, 5.41) is 3.27. The van der Waals surface area contributed by atoms with E-state index in [0.717, 1.165) is 31.3 Å². The maximum absolute atomic E-state index is 12.2. The number of carbonyl (C=O) groups is 1. The van der Waals surface area contributed by atoms with Gasteiger partial charge in [-0.05, 0) is 35.2 Å². The van der Waals surface area contributed by atoms with Gasteiger partial charge in [0, 0.05) is 44.1 Å². The Morgan fingerprint density at radius 2 is 1.72 bits per heavy atom. The van der Waals surface area contributed by atoms with Gasteiger partial charge in [0.05, 0.1) is 19.7 Å². The Kier molecular flexibility index (Phi) is 9.20.